The Morgan fingerprint density at radius 1 is 1.46 bits per heavy atom. The van der Waals surface area contributed by atoms with Crippen LogP contribution in [0.4, 0.5) is 0 Å². The number of aromatic hydroxyl groups is 1. The Kier molecular flexibility index (Phi) is 2.03. The maximum absolute atomic E-state index is 9.68. The van der Waals surface area contributed by atoms with Crippen LogP contribution in [0.5, 0.6) is 5.75 Å². The van der Waals surface area contributed by atoms with Gasteiger partial charge in [0, 0.05) is 11.6 Å². The summed E-state index contributed by atoms with van der Waals surface area (Å²) in [6.07, 6.45) is 2.56. The van der Waals surface area contributed by atoms with Gasteiger partial charge in [-0.2, -0.15) is 0 Å². The van der Waals surface area contributed by atoms with Gasteiger partial charge < -0.3 is 5.11 Å². The molecular weight excluding hydrogens is 160 g/mol. The molecule has 0 unspecified atom stereocenters. The van der Waals surface area contributed by atoms with E-state index in [0.29, 0.717) is 17.6 Å². The SMILES string of the molecule is CC(C)c1c(O)[c]ccc1C1CC1. The number of phenols is 1. The first kappa shape index (κ1) is 8.61. The van der Waals surface area contributed by atoms with Crippen LogP contribution >= 0.6 is 0 Å². The highest BCUT2D eigenvalue weighted by Gasteiger charge is 2.27. The lowest BCUT2D eigenvalue weighted by atomic mass is 9.93. The molecule has 1 aliphatic rings. The third-order valence-corrected chi connectivity index (χ3v) is 2.64. The lowest BCUT2D eigenvalue weighted by molar-refractivity contribution is 0.462. The Balaban J connectivity index is 2.47. The van der Waals surface area contributed by atoms with Crippen molar-refractivity contribution < 1.29 is 5.11 Å². The van der Waals surface area contributed by atoms with Gasteiger partial charge in [0.05, 0.1) is 0 Å². The molecule has 1 saturated carbocycles. The summed E-state index contributed by atoms with van der Waals surface area (Å²) in [4.78, 5) is 0. The Morgan fingerprint density at radius 3 is 2.69 bits per heavy atom. The monoisotopic (exact) mass is 175 g/mol. The zero-order valence-corrected chi connectivity index (χ0v) is 8.17. The summed E-state index contributed by atoms with van der Waals surface area (Å²) >= 11 is 0. The second-order valence-corrected chi connectivity index (χ2v) is 4.12. The van der Waals surface area contributed by atoms with E-state index in [1.165, 1.54) is 18.4 Å². The van der Waals surface area contributed by atoms with E-state index in [0.717, 1.165) is 5.56 Å². The van der Waals surface area contributed by atoms with Gasteiger partial charge in [0.25, 0.3) is 0 Å². The predicted octanol–water partition coefficient (Wildman–Crippen LogP) is 3.19. The van der Waals surface area contributed by atoms with E-state index in [1.54, 1.807) is 0 Å². The van der Waals surface area contributed by atoms with Crippen LogP contribution in [0.3, 0.4) is 0 Å². The number of phenolic OH excluding ortho intramolecular Hbond substituents is 1. The van der Waals surface area contributed by atoms with Gasteiger partial charge in [0.1, 0.15) is 5.75 Å². The van der Waals surface area contributed by atoms with E-state index >= 15 is 0 Å². The molecule has 0 amide bonds. The number of hydrogen-bond donors (Lipinski definition) is 1. The fourth-order valence-electron chi connectivity index (χ4n) is 1.87. The first-order valence-electron chi connectivity index (χ1n) is 4.93. The van der Waals surface area contributed by atoms with Gasteiger partial charge in [-0.1, -0.05) is 26.0 Å². The molecule has 2 rings (SSSR count). The number of hydrogen-bond acceptors (Lipinski definition) is 1. The van der Waals surface area contributed by atoms with Gasteiger partial charge in [-0.05, 0) is 30.2 Å². The van der Waals surface area contributed by atoms with Gasteiger partial charge in [-0.25, -0.2) is 0 Å². The number of rotatable bonds is 2. The molecule has 0 aliphatic heterocycles. The highest BCUT2D eigenvalue weighted by atomic mass is 16.3. The van der Waals surface area contributed by atoms with Crippen LogP contribution in [0.1, 0.15) is 49.7 Å². The third-order valence-electron chi connectivity index (χ3n) is 2.64. The minimum absolute atomic E-state index is 0.347. The smallest absolute Gasteiger partial charge is 0.127 e. The summed E-state index contributed by atoms with van der Waals surface area (Å²) in [5.41, 5.74) is 2.44. The van der Waals surface area contributed by atoms with Crippen LogP contribution in [-0.4, -0.2) is 5.11 Å². The predicted molar refractivity (Wildman–Crippen MR) is 53.0 cm³/mol. The van der Waals surface area contributed by atoms with Crippen molar-refractivity contribution in [1.82, 2.24) is 0 Å². The van der Waals surface area contributed by atoms with Crippen molar-refractivity contribution >= 4 is 0 Å². The average Bonchev–Trinajstić information content (AvgIpc) is 2.85. The van der Waals surface area contributed by atoms with Crippen LogP contribution in [0, 0.1) is 6.07 Å². The van der Waals surface area contributed by atoms with Gasteiger partial charge in [0.2, 0.25) is 0 Å². The molecule has 1 aromatic carbocycles. The fourth-order valence-corrected chi connectivity index (χ4v) is 1.87. The lowest BCUT2D eigenvalue weighted by Gasteiger charge is -2.13. The van der Waals surface area contributed by atoms with E-state index < -0.39 is 0 Å². The number of benzene rings is 1. The summed E-state index contributed by atoms with van der Waals surface area (Å²) in [5.74, 6) is 1.45. The van der Waals surface area contributed by atoms with Crippen molar-refractivity contribution in [3.05, 3.63) is 29.3 Å². The van der Waals surface area contributed by atoms with E-state index in [4.69, 9.17) is 0 Å². The average molecular weight is 175 g/mol. The molecule has 13 heavy (non-hydrogen) atoms. The molecule has 0 heterocycles. The van der Waals surface area contributed by atoms with Crippen molar-refractivity contribution in [1.29, 1.82) is 0 Å². The molecule has 0 saturated heterocycles. The molecule has 0 bridgehead atoms. The Morgan fingerprint density at radius 2 is 2.15 bits per heavy atom. The summed E-state index contributed by atoms with van der Waals surface area (Å²) in [6.45, 7) is 4.24. The minimum Gasteiger partial charge on any atom is -0.507 e. The van der Waals surface area contributed by atoms with E-state index in [1.807, 2.05) is 6.07 Å². The van der Waals surface area contributed by atoms with Crippen molar-refractivity contribution in [2.45, 2.75) is 38.5 Å². The van der Waals surface area contributed by atoms with Crippen molar-refractivity contribution in [2.24, 2.45) is 0 Å². The van der Waals surface area contributed by atoms with E-state index in [2.05, 4.69) is 26.0 Å². The largest absolute Gasteiger partial charge is 0.507 e. The van der Waals surface area contributed by atoms with Crippen LogP contribution in [0.2, 0.25) is 0 Å². The molecule has 0 spiro atoms. The van der Waals surface area contributed by atoms with Crippen LogP contribution < -0.4 is 0 Å². The van der Waals surface area contributed by atoms with Crippen molar-refractivity contribution in [2.75, 3.05) is 0 Å². The Hall–Kier alpha value is -0.980. The zero-order valence-electron chi connectivity index (χ0n) is 8.17. The third kappa shape index (κ3) is 1.55. The maximum atomic E-state index is 9.68. The van der Waals surface area contributed by atoms with E-state index in [9.17, 15) is 5.11 Å². The molecular formula is C12H15O. The topological polar surface area (TPSA) is 20.2 Å². The highest BCUT2D eigenvalue weighted by Crippen LogP contribution is 2.45. The first-order chi connectivity index (χ1) is 6.20. The fraction of sp³-hybridized carbons (Fsp3) is 0.500. The second kappa shape index (κ2) is 3.06. The molecule has 1 radical (unpaired) electrons. The molecule has 69 valence electrons. The summed E-state index contributed by atoms with van der Waals surface area (Å²) in [7, 11) is 0. The minimum atomic E-state index is 0.347. The second-order valence-electron chi connectivity index (χ2n) is 4.12. The molecule has 1 N–H and O–H groups in total. The van der Waals surface area contributed by atoms with Gasteiger partial charge in [-0.3, -0.25) is 0 Å². The van der Waals surface area contributed by atoms with Crippen LogP contribution in [-0.2, 0) is 0 Å². The van der Waals surface area contributed by atoms with Crippen molar-refractivity contribution in [3.63, 3.8) is 0 Å². The first-order valence-corrected chi connectivity index (χ1v) is 4.93. The molecule has 0 aromatic heterocycles. The zero-order chi connectivity index (χ0) is 9.42. The summed E-state index contributed by atoms with van der Waals surface area (Å²) < 4.78 is 0. The lowest BCUT2D eigenvalue weighted by Crippen LogP contribution is -1.95. The quantitative estimate of drug-likeness (QED) is 0.731. The van der Waals surface area contributed by atoms with Crippen molar-refractivity contribution in [3.8, 4) is 5.75 Å². The highest BCUT2D eigenvalue weighted by molar-refractivity contribution is 5.43. The standard InChI is InChI=1S/C12H15O/c1-8(2)12-10(9-6-7-9)4-3-5-11(12)13/h3-4,8-9,13H,6-7H2,1-2H3. The van der Waals surface area contributed by atoms with Crippen LogP contribution in [0.25, 0.3) is 0 Å². The Bertz CT molecular complexity index is 311. The Labute approximate surface area is 79.4 Å². The molecule has 1 heteroatoms. The van der Waals surface area contributed by atoms with Crippen LogP contribution in [0.15, 0.2) is 12.1 Å². The van der Waals surface area contributed by atoms with Gasteiger partial charge >= 0.3 is 0 Å². The molecule has 1 aliphatic carbocycles. The summed E-state index contributed by atoms with van der Waals surface area (Å²) in [6, 6.07) is 6.79. The summed E-state index contributed by atoms with van der Waals surface area (Å²) in [5, 5.41) is 9.68. The van der Waals surface area contributed by atoms with Gasteiger partial charge in [-0.15, -0.1) is 0 Å². The molecule has 1 aromatic rings. The van der Waals surface area contributed by atoms with Gasteiger partial charge in [0.15, 0.2) is 0 Å². The van der Waals surface area contributed by atoms with E-state index in [-0.39, 0.29) is 0 Å². The molecule has 1 nitrogen and oxygen atoms in total. The molecule has 1 fully saturated rings. The normalized spacial score (nSPS) is 16.5. The maximum Gasteiger partial charge on any atom is 0.127 e. The molecule has 0 atom stereocenters.